The van der Waals surface area contributed by atoms with E-state index in [1.54, 1.807) is 11.4 Å². The van der Waals surface area contributed by atoms with E-state index in [2.05, 4.69) is 10.0 Å². The molecule has 0 saturated carbocycles. The summed E-state index contributed by atoms with van der Waals surface area (Å²) in [4.78, 5) is 11.8. The fourth-order valence-electron chi connectivity index (χ4n) is 1.88. The number of ether oxygens (including phenoxy) is 1. The second kappa shape index (κ2) is 8.93. The highest BCUT2D eigenvalue weighted by molar-refractivity contribution is 7.91. The summed E-state index contributed by atoms with van der Waals surface area (Å²) >= 11 is 1.11. The average Bonchev–Trinajstić information content (AvgIpc) is 3.13. The summed E-state index contributed by atoms with van der Waals surface area (Å²) in [6.45, 7) is 3.22. The van der Waals surface area contributed by atoms with Crippen LogP contribution in [0.25, 0.3) is 0 Å². The standard InChI is InChI=1S/C16H20N2O4S2/c1-2-22-12-14-7-5-13(6-8-14)10-17-15(19)11-18-24(20,21)16-4-3-9-23-16/h3-9,18H,2,10-12H2,1H3,(H,17,19). The summed E-state index contributed by atoms with van der Waals surface area (Å²) in [6, 6.07) is 10.8. The van der Waals surface area contributed by atoms with Crippen molar-refractivity contribution >= 4 is 27.3 Å². The van der Waals surface area contributed by atoms with Crippen molar-refractivity contribution < 1.29 is 17.9 Å². The molecule has 0 atom stereocenters. The van der Waals surface area contributed by atoms with Crippen molar-refractivity contribution in [2.45, 2.75) is 24.3 Å². The number of carbonyl (C=O) groups is 1. The van der Waals surface area contributed by atoms with E-state index < -0.39 is 10.0 Å². The van der Waals surface area contributed by atoms with Gasteiger partial charge in [-0.15, -0.1) is 11.3 Å². The molecular weight excluding hydrogens is 348 g/mol. The van der Waals surface area contributed by atoms with Gasteiger partial charge >= 0.3 is 0 Å². The van der Waals surface area contributed by atoms with E-state index >= 15 is 0 Å². The highest BCUT2D eigenvalue weighted by Crippen LogP contribution is 2.14. The summed E-state index contributed by atoms with van der Waals surface area (Å²) in [6.07, 6.45) is 0. The lowest BCUT2D eigenvalue weighted by atomic mass is 10.1. The molecule has 0 saturated heterocycles. The number of hydrogen-bond donors (Lipinski definition) is 2. The molecule has 0 radical (unpaired) electrons. The highest BCUT2D eigenvalue weighted by atomic mass is 32.2. The van der Waals surface area contributed by atoms with E-state index in [0.29, 0.717) is 19.8 Å². The van der Waals surface area contributed by atoms with Crippen LogP contribution in [0.5, 0.6) is 0 Å². The Kier molecular flexibility index (Phi) is 6.92. The van der Waals surface area contributed by atoms with Crippen LogP contribution in [-0.4, -0.2) is 27.5 Å². The van der Waals surface area contributed by atoms with Gasteiger partial charge in [0, 0.05) is 13.2 Å². The fourth-order valence-corrected chi connectivity index (χ4v) is 3.90. The van der Waals surface area contributed by atoms with Gasteiger partial charge in [0.2, 0.25) is 5.91 Å². The Labute approximate surface area is 145 Å². The molecule has 0 aliphatic carbocycles. The summed E-state index contributed by atoms with van der Waals surface area (Å²) in [5.41, 5.74) is 2.00. The lowest BCUT2D eigenvalue weighted by Gasteiger charge is -2.08. The number of benzene rings is 1. The molecule has 0 aliphatic heterocycles. The zero-order valence-corrected chi connectivity index (χ0v) is 15.0. The van der Waals surface area contributed by atoms with Crippen LogP contribution in [0.1, 0.15) is 18.1 Å². The van der Waals surface area contributed by atoms with Crippen molar-refractivity contribution in [3.8, 4) is 0 Å². The first-order valence-electron chi connectivity index (χ1n) is 7.46. The van der Waals surface area contributed by atoms with Crippen molar-refractivity contribution in [1.82, 2.24) is 10.0 Å². The first-order chi connectivity index (χ1) is 11.5. The quantitative estimate of drug-likeness (QED) is 0.708. The maximum absolute atomic E-state index is 11.9. The smallest absolute Gasteiger partial charge is 0.250 e. The molecule has 1 heterocycles. The molecule has 2 aromatic rings. The summed E-state index contributed by atoms with van der Waals surface area (Å²) in [5, 5.41) is 4.36. The molecular formula is C16H20N2O4S2. The number of rotatable bonds is 9. The Balaban J connectivity index is 1.77. The van der Waals surface area contributed by atoms with E-state index in [9.17, 15) is 13.2 Å². The number of amides is 1. The summed E-state index contributed by atoms with van der Waals surface area (Å²) in [7, 11) is -3.62. The van der Waals surface area contributed by atoms with Crippen molar-refractivity contribution in [2.24, 2.45) is 0 Å². The maximum Gasteiger partial charge on any atom is 0.250 e. The van der Waals surface area contributed by atoms with Crippen molar-refractivity contribution in [1.29, 1.82) is 0 Å². The lowest BCUT2D eigenvalue weighted by molar-refractivity contribution is -0.120. The van der Waals surface area contributed by atoms with E-state index in [1.807, 2.05) is 31.2 Å². The number of sulfonamides is 1. The van der Waals surface area contributed by atoms with Gasteiger partial charge < -0.3 is 10.1 Å². The van der Waals surface area contributed by atoms with Crippen LogP contribution in [0.15, 0.2) is 46.0 Å². The number of thiophene rings is 1. The Morgan fingerprint density at radius 1 is 1.17 bits per heavy atom. The molecule has 8 heteroatoms. The predicted molar refractivity (Wildman–Crippen MR) is 93.1 cm³/mol. The van der Waals surface area contributed by atoms with Gasteiger partial charge in [-0.1, -0.05) is 30.3 Å². The van der Waals surface area contributed by atoms with Crippen molar-refractivity contribution in [3.05, 3.63) is 52.9 Å². The number of nitrogens with one attached hydrogen (secondary N) is 2. The molecule has 0 unspecified atom stereocenters. The van der Waals surface area contributed by atoms with Crippen LogP contribution in [-0.2, 0) is 32.7 Å². The average molecular weight is 368 g/mol. The zero-order valence-electron chi connectivity index (χ0n) is 13.3. The van der Waals surface area contributed by atoms with Gasteiger partial charge in [0.25, 0.3) is 10.0 Å². The monoisotopic (exact) mass is 368 g/mol. The molecule has 1 aromatic heterocycles. The van der Waals surface area contributed by atoms with Crippen LogP contribution in [0.3, 0.4) is 0 Å². The van der Waals surface area contributed by atoms with Gasteiger partial charge in [-0.25, -0.2) is 13.1 Å². The minimum atomic E-state index is -3.62. The van der Waals surface area contributed by atoms with E-state index in [4.69, 9.17) is 4.74 Å². The SMILES string of the molecule is CCOCc1ccc(CNC(=O)CNS(=O)(=O)c2cccs2)cc1. The molecule has 0 spiro atoms. The lowest BCUT2D eigenvalue weighted by Crippen LogP contribution is -2.36. The topological polar surface area (TPSA) is 84.5 Å². The minimum absolute atomic E-state index is 0.195. The Morgan fingerprint density at radius 2 is 1.88 bits per heavy atom. The molecule has 130 valence electrons. The van der Waals surface area contributed by atoms with E-state index in [-0.39, 0.29) is 16.7 Å². The third-order valence-electron chi connectivity index (χ3n) is 3.17. The van der Waals surface area contributed by atoms with E-state index in [0.717, 1.165) is 22.5 Å². The Hall–Kier alpha value is -1.74. The number of carbonyl (C=O) groups excluding carboxylic acids is 1. The van der Waals surface area contributed by atoms with E-state index in [1.165, 1.54) is 6.07 Å². The molecule has 24 heavy (non-hydrogen) atoms. The van der Waals surface area contributed by atoms with Gasteiger partial charge in [0.05, 0.1) is 13.2 Å². The third-order valence-corrected chi connectivity index (χ3v) is 5.97. The Morgan fingerprint density at radius 3 is 2.50 bits per heavy atom. The van der Waals surface area contributed by atoms with Crippen molar-refractivity contribution in [3.63, 3.8) is 0 Å². The molecule has 1 amide bonds. The Bertz CT molecular complexity index is 741. The summed E-state index contributed by atoms with van der Waals surface area (Å²) in [5.74, 6) is -0.381. The van der Waals surface area contributed by atoms with Crippen LogP contribution >= 0.6 is 11.3 Å². The van der Waals surface area contributed by atoms with Crippen LogP contribution < -0.4 is 10.0 Å². The van der Waals surface area contributed by atoms with Crippen LogP contribution in [0.4, 0.5) is 0 Å². The van der Waals surface area contributed by atoms with Gasteiger partial charge in [0.15, 0.2) is 0 Å². The van der Waals surface area contributed by atoms with Gasteiger partial charge in [-0.05, 0) is 29.5 Å². The van der Waals surface area contributed by atoms with Crippen molar-refractivity contribution in [2.75, 3.05) is 13.2 Å². The third kappa shape index (κ3) is 5.72. The first kappa shape index (κ1) is 18.6. The first-order valence-corrected chi connectivity index (χ1v) is 9.83. The largest absolute Gasteiger partial charge is 0.377 e. The predicted octanol–water partition coefficient (Wildman–Crippen LogP) is 1.88. The zero-order chi connectivity index (χ0) is 17.4. The second-order valence-corrected chi connectivity index (χ2v) is 7.93. The van der Waals surface area contributed by atoms with Gasteiger partial charge in [0.1, 0.15) is 4.21 Å². The minimum Gasteiger partial charge on any atom is -0.377 e. The molecule has 0 fully saturated rings. The molecule has 1 aromatic carbocycles. The highest BCUT2D eigenvalue weighted by Gasteiger charge is 2.16. The normalized spacial score (nSPS) is 11.4. The van der Waals surface area contributed by atoms with Gasteiger partial charge in [-0.3, -0.25) is 4.79 Å². The molecule has 2 rings (SSSR count). The number of hydrogen-bond acceptors (Lipinski definition) is 5. The molecule has 0 bridgehead atoms. The maximum atomic E-state index is 11.9. The molecule has 0 aliphatic rings. The van der Waals surface area contributed by atoms with Crippen LogP contribution in [0, 0.1) is 0 Å². The molecule has 2 N–H and O–H groups in total. The molecule has 6 nitrogen and oxygen atoms in total. The van der Waals surface area contributed by atoms with Crippen LogP contribution in [0.2, 0.25) is 0 Å². The summed E-state index contributed by atoms with van der Waals surface area (Å²) < 4.78 is 31.6. The second-order valence-electron chi connectivity index (χ2n) is 4.99. The van der Waals surface area contributed by atoms with Gasteiger partial charge in [-0.2, -0.15) is 0 Å². The fraction of sp³-hybridized carbons (Fsp3) is 0.312.